The Kier molecular flexibility index (Phi) is 8.88. The van der Waals surface area contributed by atoms with Gasteiger partial charge in [0, 0.05) is 12.6 Å². The third kappa shape index (κ3) is 7.03. The third-order valence-electron chi connectivity index (χ3n) is 5.19. The summed E-state index contributed by atoms with van der Waals surface area (Å²) in [7, 11) is 3.59. The predicted molar refractivity (Wildman–Crippen MR) is 107 cm³/mol. The van der Waals surface area contributed by atoms with Crippen LogP contribution in [0.5, 0.6) is 11.5 Å². The zero-order chi connectivity index (χ0) is 19.6. The van der Waals surface area contributed by atoms with Crippen molar-refractivity contribution >= 4 is 5.97 Å². The number of likely N-dealkylation sites (tertiary alicyclic amines) is 1. The Bertz CT molecular complexity index is 594. The van der Waals surface area contributed by atoms with Crippen molar-refractivity contribution in [1.29, 1.82) is 0 Å². The fraction of sp³-hybridized carbons (Fsp3) is 0.667. The van der Waals surface area contributed by atoms with Gasteiger partial charge in [-0.2, -0.15) is 0 Å². The van der Waals surface area contributed by atoms with Crippen molar-refractivity contribution in [3.05, 3.63) is 23.8 Å². The first kappa shape index (κ1) is 21.5. The minimum absolute atomic E-state index is 0.113. The molecule has 1 N–H and O–H groups in total. The van der Waals surface area contributed by atoms with Crippen molar-refractivity contribution in [3.63, 3.8) is 0 Å². The van der Waals surface area contributed by atoms with Crippen LogP contribution in [0.4, 0.5) is 0 Å². The number of unbranched alkanes of at least 4 members (excludes halogenated alkanes) is 1. The quantitative estimate of drug-likeness (QED) is 0.631. The second-order valence-electron chi connectivity index (χ2n) is 7.36. The van der Waals surface area contributed by atoms with E-state index >= 15 is 0 Å². The Hall–Kier alpha value is -1.79. The number of ether oxygens (including phenoxy) is 2. The van der Waals surface area contributed by atoms with E-state index in [0.717, 1.165) is 63.2 Å². The molecule has 6 heteroatoms. The topological polar surface area (TPSA) is 62.2 Å². The number of aliphatic carboxylic acids is 1. The van der Waals surface area contributed by atoms with E-state index in [1.54, 1.807) is 7.11 Å². The van der Waals surface area contributed by atoms with Crippen molar-refractivity contribution < 1.29 is 19.4 Å². The van der Waals surface area contributed by atoms with Crippen molar-refractivity contribution in [2.75, 3.05) is 40.4 Å². The number of benzene rings is 1. The normalized spacial score (nSPS) is 18.3. The molecule has 1 aliphatic rings. The highest BCUT2D eigenvalue weighted by Gasteiger charge is 2.22. The first-order chi connectivity index (χ1) is 13.0. The molecule has 0 saturated carbocycles. The first-order valence-electron chi connectivity index (χ1n) is 9.97. The van der Waals surface area contributed by atoms with E-state index in [9.17, 15) is 4.79 Å². The summed E-state index contributed by atoms with van der Waals surface area (Å²) in [6, 6.07) is 6.52. The van der Waals surface area contributed by atoms with E-state index in [1.807, 2.05) is 18.0 Å². The van der Waals surface area contributed by atoms with Crippen LogP contribution in [-0.2, 0) is 11.3 Å². The highest BCUT2D eigenvalue weighted by molar-refractivity contribution is 5.69. The van der Waals surface area contributed by atoms with Crippen LogP contribution >= 0.6 is 0 Å². The van der Waals surface area contributed by atoms with Crippen LogP contribution < -0.4 is 9.47 Å². The molecular formula is C21H34N2O4. The number of nitrogens with zero attached hydrogens (tertiary/aromatic N) is 2. The highest BCUT2D eigenvalue weighted by Crippen LogP contribution is 2.29. The lowest BCUT2D eigenvalue weighted by atomic mass is 10.1. The lowest BCUT2D eigenvalue weighted by Gasteiger charge is -2.25. The number of carbonyl (C=O) groups is 1. The van der Waals surface area contributed by atoms with Gasteiger partial charge in [-0.25, -0.2) is 0 Å². The monoisotopic (exact) mass is 378 g/mol. The summed E-state index contributed by atoms with van der Waals surface area (Å²) in [5.74, 6) is 0.839. The van der Waals surface area contributed by atoms with Crippen LogP contribution in [0.2, 0.25) is 0 Å². The SMILES string of the molecule is CCCCOc1cc(CN2CCCC(N(C)CC(=O)O)CC2)ccc1OC. The molecule has 2 rings (SSSR count). The van der Waals surface area contributed by atoms with Crippen molar-refractivity contribution in [1.82, 2.24) is 9.80 Å². The second-order valence-corrected chi connectivity index (χ2v) is 7.36. The van der Waals surface area contributed by atoms with Crippen LogP contribution in [0.25, 0.3) is 0 Å². The summed E-state index contributed by atoms with van der Waals surface area (Å²) in [4.78, 5) is 15.4. The Morgan fingerprint density at radius 2 is 2.11 bits per heavy atom. The highest BCUT2D eigenvalue weighted by atomic mass is 16.5. The smallest absolute Gasteiger partial charge is 0.317 e. The number of carboxylic acids is 1. The lowest BCUT2D eigenvalue weighted by molar-refractivity contribution is -0.138. The molecule has 0 radical (unpaired) electrons. The molecule has 1 aliphatic heterocycles. The van der Waals surface area contributed by atoms with E-state index < -0.39 is 5.97 Å². The van der Waals surface area contributed by atoms with E-state index in [-0.39, 0.29) is 6.54 Å². The molecule has 0 amide bonds. The van der Waals surface area contributed by atoms with E-state index in [2.05, 4.69) is 24.0 Å². The Labute approximate surface area is 163 Å². The largest absolute Gasteiger partial charge is 0.493 e. The maximum atomic E-state index is 10.9. The van der Waals surface area contributed by atoms with Crippen LogP contribution in [0.3, 0.4) is 0 Å². The third-order valence-corrected chi connectivity index (χ3v) is 5.19. The van der Waals surface area contributed by atoms with Crippen LogP contribution in [0, 0.1) is 0 Å². The summed E-state index contributed by atoms with van der Waals surface area (Å²) < 4.78 is 11.3. The number of carboxylic acid groups (broad SMARTS) is 1. The summed E-state index contributed by atoms with van der Waals surface area (Å²) in [5, 5.41) is 9.00. The van der Waals surface area contributed by atoms with Gasteiger partial charge in [0.25, 0.3) is 0 Å². The van der Waals surface area contributed by atoms with Gasteiger partial charge in [0.15, 0.2) is 11.5 Å². The number of hydrogen-bond acceptors (Lipinski definition) is 5. The van der Waals surface area contributed by atoms with Gasteiger partial charge in [-0.05, 0) is 63.5 Å². The molecule has 27 heavy (non-hydrogen) atoms. The Balaban J connectivity index is 1.94. The maximum Gasteiger partial charge on any atom is 0.317 e. The van der Waals surface area contributed by atoms with Gasteiger partial charge in [0.1, 0.15) is 0 Å². The van der Waals surface area contributed by atoms with E-state index in [1.165, 1.54) is 5.56 Å². The van der Waals surface area contributed by atoms with E-state index in [0.29, 0.717) is 12.6 Å². The van der Waals surface area contributed by atoms with Gasteiger partial charge in [-0.15, -0.1) is 0 Å². The molecule has 1 unspecified atom stereocenters. The number of methoxy groups -OCH3 is 1. The summed E-state index contributed by atoms with van der Waals surface area (Å²) in [6.45, 7) is 5.86. The molecule has 1 atom stereocenters. The number of hydrogen-bond donors (Lipinski definition) is 1. The van der Waals surface area contributed by atoms with Crippen molar-refractivity contribution in [2.45, 2.75) is 51.6 Å². The average molecular weight is 379 g/mol. The minimum Gasteiger partial charge on any atom is -0.493 e. The van der Waals surface area contributed by atoms with E-state index in [4.69, 9.17) is 14.6 Å². The second kappa shape index (κ2) is 11.1. The van der Waals surface area contributed by atoms with Crippen LogP contribution in [0.1, 0.15) is 44.6 Å². The first-order valence-corrected chi connectivity index (χ1v) is 9.97. The fourth-order valence-corrected chi connectivity index (χ4v) is 3.60. The van der Waals surface area contributed by atoms with Crippen LogP contribution in [0.15, 0.2) is 18.2 Å². The maximum absolute atomic E-state index is 10.9. The molecule has 1 fully saturated rings. The zero-order valence-electron chi connectivity index (χ0n) is 16.9. The number of likely N-dealkylation sites (N-methyl/N-ethyl adjacent to an activating group) is 1. The molecule has 1 heterocycles. The van der Waals surface area contributed by atoms with Gasteiger partial charge in [-0.3, -0.25) is 14.6 Å². The van der Waals surface area contributed by atoms with Gasteiger partial charge in [0.05, 0.1) is 20.3 Å². The molecule has 1 saturated heterocycles. The lowest BCUT2D eigenvalue weighted by Crippen LogP contribution is -2.36. The average Bonchev–Trinajstić information content (AvgIpc) is 2.87. The summed E-state index contributed by atoms with van der Waals surface area (Å²) >= 11 is 0. The summed E-state index contributed by atoms with van der Waals surface area (Å²) in [6.07, 6.45) is 5.27. The predicted octanol–water partition coefficient (Wildman–Crippen LogP) is 3.25. The van der Waals surface area contributed by atoms with Crippen LogP contribution in [-0.4, -0.2) is 67.3 Å². The zero-order valence-corrected chi connectivity index (χ0v) is 16.9. The fourth-order valence-electron chi connectivity index (χ4n) is 3.60. The van der Waals surface area contributed by atoms with Gasteiger partial charge < -0.3 is 14.6 Å². The van der Waals surface area contributed by atoms with Crippen molar-refractivity contribution in [3.8, 4) is 11.5 Å². The van der Waals surface area contributed by atoms with Gasteiger partial charge in [-0.1, -0.05) is 19.4 Å². The van der Waals surface area contributed by atoms with Crippen molar-refractivity contribution in [2.24, 2.45) is 0 Å². The standard InChI is InChI=1S/C21H34N2O4/c1-4-5-13-27-20-14-17(8-9-19(20)26-3)15-23-11-6-7-18(10-12-23)22(2)16-21(24)25/h8-9,14,18H,4-7,10-13,15-16H2,1-3H3,(H,24,25). The molecule has 1 aromatic rings. The number of rotatable bonds is 10. The molecule has 0 aliphatic carbocycles. The minimum atomic E-state index is -0.757. The van der Waals surface area contributed by atoms with Gasteiger partial charge in [0.2, 0.25) is 0 Å². The molecular weight excluding hydrogens is 344 g/mol. The Morgan fingerprint density at radius 1 is 1.30 bits per heavy atom. The molecule has 152 valence electrons. The molecule has 0 aromatic heterocycles. The molecule has 0 spiro atoms. The van der Waals surface area contributed by atoms with Gasteiger partial charge >= 0.3 is 5.97 Å². The Morgan fingerprint density at radius 3 is 2.81 bits per heavy atom. The molecule has 6 nitrogen and oxygen atoms in total. The molecule has 0 bridgehead atoms. The molecule has 1 aromatic carbocycles. The summed E-state index contributed by atoms with van der Waals surface area (Å²) in [5.41, 5.74) is 1.22.